The van der Waals surface area contributed by atoms with Crippen molar-refractivity contribution in [1.82, 2.24) is 0 Å². The highest BCUT2D eigenvalue weighted by Crippen LogP contribution is 2.27. The minimum Gasteiger partial charge on any atom is -0.490 e. The van der Waals surface area contributed by atoms with Crippen LogP contribution < -0.4 is 4.74 Å². The van der Waals surface area contributed by atoms with Crippen molar-refractivity contribution in [2.75, 3.05) is 6.61 Å². The van der Waals surface area contributed by atoms with Crippen molar-refractivity contribution >= 4 is 22.9 Å². The molecule has 0 fully saturated rings. The Morgan fingerprint density at radius 2 is 1.94 bits per heavy atom. The van der Waals surface area contributed by atoms with E-state index in [4.69, 9.17) is 16.3 Å². The van der Waals surface area contributed by atoms with Crippen molar-refractivity contribution in [3.05, 3.63) is 51.7 Å². The lowest BCUT2D eigenvalue weighted by molar-refractivity contribution is 0.111. The molecule has 2 nitrogen and oxygen atoms in total. The first-order valence-corrected chi connectivity index (χ1v) is 6.06. The predicted octanol–water partition coefficient (Wildman–Crippen LogP) is 3.51. The molecule has 0 saturated carbocycles. The summed E-state index contributed by atoms with van der Waals surface area (Å²) in [7, 11) is 0. The first-order valence-electron chi connectivity index (χ1n) is 4.87. The van der Waals surface area contributed by atoms with Gasteiger partial charge in [0.25, 0.3) is 0 Å². The number of ether oxygens (including phenoxy) is 1. The summed E-state index contributed by atoms with van der Waals surface area (Å²) in [6.45, 7) is 0.237. The van der Waals surface area contributed by atoms with E-state index >= 15 is 0 Å². The Morgan fingerprint density at radius 1 is 1.19 bits per heavy atom. The van der Waals surface area contributed by atoms with Gasteiger partial charge in [-0.1, -0.05) is 29.8 Å². The van der Waals surface area contributed by atoms with Crippen LogP contribution in [0.2, 0.25) is 4.34 Å². The van der Waals surface area contributed by atoms with Crippen LogP contribution in [0.15, 0.2) is 42.5 Å². The van der Waals surface area contributed by atoms with E-state index in [1.807, 2.05) is 36.4 Å². The average molecular weight is 255 g/mol. The highest BCUT2D eigenvalue weighted by Gasteiger charge is 2.10. The molecule has 1 N–H and O–H groups in total. The third-order valence-corrected chi connectivity index (χ3v) is 3.41. The molecule has 0 aliphatic heterocycles. The Morgan fingerprint density at radius 3 is 2.56 bits per heavy atom. The standard InChI is InChI=1S/C12H11ClO2S/c13-12-7-6-11(16-12)10(14)8-15-9-4-2-1-3-5-9/h1-7,10,14H,8H2. The molecule has 1 heterocycles. The molecular weight excluding hydrogens is 244 g/mol. The molecule has 0 bridgehead atoms. The first-order chi connectivity index (χ1) is 7.75. The zero-order chi connectivity index (χ0) is 11.4. The summed E-state index contributed by atoms with van der Waals surface area (Å²) in [5, 5.41) is 9.82. The minimum absolute atomic E-state index is 0.237. The third kappa shape index (κ3) is 2.98. The zero-order valence-corrected chi connectivity index (χ0v) is 10.0. The number of benzene rings is 1. The number of para-hydroxylation sites is 1. The van der Waals surface area contributed by atoms with E-state index in [0.717, 1.165) is 10.6 Å². The normalized spacial score (nSPS) is 12.4. The van der Waals surface area contributed by atoms with Gasteiger partial charge in [-0.15, -0.1) is 11.3 Å². The fraction of sp³-hybridized carbons (Fsp3) is 0.167. The van der Waals surface area contributed by atoms with E-state index in [2.05, 4.69) is 0 Å². The van der Waals surface area contributed by atoms with Crippen molar-refractivity contribution in [1.29, 1.82) is 0 Å². The van der Waals surface area contributed by atoms with Crippen LogP contribution in [0.25, 0.3) is 0 Å². The van der Waals surface area contributed by atoms with Crippen LogP contribution >= 0.6 is 22.9 Å². The maximum absolute atomic E-state index is 9.82. The second-order valence-electron chi connectivity index (χ2n) is 3.28. The Hall–Kier alpha value is -1.03. The summed E-state index contributed by atoms with van der Waals surface area (Å²) in [5.41, 5.74) is 0. The SMILES string of the molecule is OC(COc1ccccc1)c1ccc(Cl)s1. The summed E-state index contributed by atoms with van der Waals surface area (Å²) in [4.78, 5) is 0.820. The molecule has 1 aromatic heterocycles. The molecule has 1 atom stereocenters. The Balaban J connectivity index is 1.91. The lowest BCUT2D eigenvalue weighted by atomic mass is 10.3. The van der Waals surface area contributed by atoms with Crippen LogP contribution in [-0.4, -0.2) is 11.7 Å². The van der Waals surface area contributed by atoms with Crippen molar-refractivity contribution in [3.63, 3.8) is 0 Å². The third-order valence-electron chi connectivity index (χ3n) is 2.07. The van der Waals surface area contributed by atoms with Gasteiger partial charge in [-0.05, 0) is 24.3 Å². The summed E-state index contributed by atoms with van der Waals surface area (Å²) < 4.78 is 6.12. The molecule has 84 valence electrons. The minimum atomic E-state index is -0.627. The molecule has 16 heavy (non-hydrogen) atoms. The van der Waals surface area contributed by atoms with Gasteiger partial charge < -0.3 is 9.84 Å². The van der Waals surface area contributed by atoms with E-state index < -0.39 is 6.10 Å². The molecule has 2 aromatic rings. The average Bonchev–Trinajstić information content (AvgIpc) is 2.74. The van der Waals surface area contributed by atoms with Gasteiger partial charge in [0.05, 0.1) is 4.34 Å². The number of aliphatic hydroxyl groups excluding tert-OH is 1. The van der Waals surface area contributed by atoms with Gasteiger partial charge in [0, 0.05) is 4.88 Å². The molecule has 4 heteroatoms. The van der Waals surface area contributed by atoms with Gasteiger partial charge in [0.1, 0.15) is 18.5 Å². The van der Waals surface area contributed by atoms with Gasteiger partial charge in [-0.2, -0.15) is 0 Å². The van der Waals surface area contributed by atoms with Crippen LogP contribution in [0, 0.1) is 0 Å². The smallest absolute Gasteiger partial charge is 0.122 e. The van der Waals surface area contributed by atoms with Gasteiger partial charge in [-0.3, -0.25) is 0 Å². The largest absolute Gasteiger partial charge is 0.490 e. The van der Waals surface area contributed by atoms with Crippen LogP contribution in [0.4, 0.5) is 0 Å². The second kappa shape index (κ2) is 5.34. The summed E-state index contributed by atoms with van der Waals surface area (Å²) >= 11 is 7.15. The molecule has 0 radical (unpaired) electrons. The van der Waals surface area contributed by atoms with Gasteiger partial charge in [-0.25, -0.2) is 0 Å². The van der Waals surface area contributed by atoms with Crippen molar-refractivity contribution in [3.8, 4) is 5.75 Å². The lowest BCUT2D eigenvalue weighted by Crippen LogP contribution is -2.08. The van der Waals surface area contributed by atoms with E-state index in [0.29, 0.717) is 4.34 Å². The number of hydrogen-bond donors (Lipinski definition) is 1. The summed E-state index contributed by atoms with van der Waals surface area (Å²) in [6.07, 6.45) is -0.627. The van der Waals surface area contributed by atoms with Crippen LogP contribution in [-0.2, 0) is 0 Å². The summed E-state index contributed by atoms with van der Waals surface area (Å²) in [5.74, 6) is 0.754. The zero-order valence-electron chi connectivity index (χ0n) is 8.47. The van der Waals surface area contributed by atoms with Gasteiger partial charge in [0.2, 0.25) is 0 Å². The molecule has 0 aliphatic rings. The molecule has 2 rings (SSSR count). The highest BCUT2D eigenvalue weighted by atomic mass is 35.5. The number of halogens is 1. The maximum atomic E-state index is 9.82. The molecule has 0 spiro atoms. The molecule has 1 unspecified atom stereocenters. The molecule has 0 saturated heterocycles. The highest BCUT2D eigenvalue weighted by molar-refractivity contribution is 7.16. The second-order valence-corrected chi connectivity index (χ2v) is 5.03. The Bertz CT molecular complexity index is 441. The molecule has 0 amide bonds. The van der Waals surface area contributed by atoms with Crippen molar-refractivity contribution < 1.29 is 9.84 Å². The summed E-state index contributed by atoms with van der Waals surface area (Å²) in [6, 6.07) is 13.0. The van der Waals surface area contributed by atoms with E-state index in [9.17, 15) is 5.11 Å². The Kier molecular flexibility index (Phi) is 3.83. The number of aliphatic hydroxyl groups is 1. The van der Waals surface area contributed by atoms with E-state index in [1.165, 1.54) is 11.3 Å². The predicted molar refractivity (Wildman–Crippen MR) is 66.2 cm³/mol. The van der Waals surface area contributed by atoms with Crippen molar-refractivity contribution in [2.45, 2.75) is 6.10 Å². The van der Waals surface area contributed by atoms with Crippen LogP contribution in [0.1, 0.15) is 11.0 Å². The van der Waals surface area contributed by atoms with E-state index in [-0.39, 0.29) is 6.61 Å². The van der Waals surface area contributed by atoms with Crippen LogP contribution in [0.5, 0.6) is 5.75 Å². The number of thiophene rings is 1. The fourth-order valence-corrected chi connectivity index (χ4v) is 2.31. The lowest BCUT2D eigenvalue weighted by Gasteiger charge is -2.10. The quantitative estimate of drug-likeness (QED) is 0.905. The monoisotopic (exact) mass is 254 g/mol. The molecule has 0 aliphatic carbocycles. The maximum Gasteiger partial charge on any atom is 0.122 e. The van der Waals surface area contributed by atoms with Gasteiger partial charge >= 0.3 is 0 Å². The number of hydrogen-bond acceptors (Lipinski definition) is 3. The van der Waals surface area contributed by atoms with Crippen molar-refractivity contribution in [2.24, 2.45) is 0 Å². The van der Waals surface area contributed by atoms with Gasteiger partial charge in [0.15, 0.2) is 0 Å². The fourth-order valence-electron chi connectivity index (χ4n) is 1.28. The first kappa shape index (κ1) is 11.5. The Labute approximate surface area is 103 Å². The number of rotatable bonds is 4. The topological polar surface area (TPSA) is 29.5 Å². The van der Waals surface area contributed by atoms with E-state index in [1.54, 1.807) is 6.07 Å². The molecular formula is C12H11ClO2S. The molecule has 1 aromatic carbocycles. The van der Waals surface area contributed by atoms with Crippen LogP contribution in [0.3, 0.4) is 0 Å².